The lowest BCUT2D eigenvalue weighted by molar-refractivity contribution is -0.138. The van der Waals surface area contributed by atoms with E-state index in [9.17, 15) is 74.8 Å². The number of ketones is 2. The van der Waals surface area contributed by atoms with Crippen molar-refractivity contribution in [2.45, 2.75) is 64.4 Å². The number of alkyl halides is 6. The minimum absolute atomic E-state index is 0.0887. The molecule has 0 spiro atoms. The number of carbonyl (C=O) groups is 3. The smallest absolute Gasteiger partial charge is 0.416 e. The topological polar surface area (TPSA) is 300 Å². The van der Waals surface area contributed by atoms with Gasteiger partial charge in [0.05, 0.1) is 75.9 Å². The number of benzene rings is 2. The number of Topliss-reactive ketones (excluding diaryl/α,β-unsaturated/α-hetero) is 2. The molecule has 4 aromatic heterocycles. The van der Waals surface area contributed by atoms with Crippen molar-refractivity contribution in [2.24, 2.45) is 10.8 Å². The number of rotatable bonds is 6. The number of fused-ring (bicyclic) bond motifs is 4. The number of aromatic nitrogens is 6. The van der Waals surface area contributed by atoms with Crippen molar-refractivity contribution in [3.05, 3.63) is 165 Å². The van der Waals surface area contributed by atoms with Crippen molar-refractivity contribution >= 4 is 60.2 Å². The van der Waals surface area contributed by atoms with Crippen LogP contribution in [0.1, 0.15) is 88.2 Å². The van der Waals surface area contributed by atoms with Crippen molar-refractivity contribution in [3.8, 4) is 11.4 Å². The highest BCUT2D eigenvalue weighted by atomic mass is 32.2. The highest BCUT2D eigenvalue weighted by molar-refractivity contribution is 7.85. The maximum atomic E-state index is 14.1. The van der Waals surface area contributed by atoms with Gasteiger partial charge in [0, 0.05) is 32.0 Å². The average Bonchev–Trinajstić information content (AvgIpc) is 1.49. The Kier molecular flexibility index (Phi) is 20.2. The zero-order valence-electron chi connectivity index (χ0n) is 46.4. The lowest BCUT2D eigenvalue weighted by Gasteiger charge is -2.45. The van der Waals surface area contributed by atoms with Crippen LogP contribution in [0.2, 0.25) is 0 Å². The zero-order chi connectivity index (χ0) is 64.2. The first-order valence-electron chi connectivity index (χ1n) is 25.2. The summed E-state index contributed by atoms with van der Waals surface area (Å²) in [6.45, 7) is 6.30. The molecule has 0 bridgehead atoms. The summed E-state index contributed by atoms with van der Waals surface area (Å²) in [6, 6.07) is 14.9. The van der Waals surface area contributed by atoms with E-state index >= 15 is 0 Å². The molecule has 6 aromatic rings. The molecule has 2 saturated heterocycles. The second kappa shape index (κ2) is 25.8. The fourth-order valence-electron chi connectivity index (χ4n) is 9.60. The molecular weight excluding hydrogens is 1220 g/mol. The number of nitrogens with one attached hydrogen (secondary N) is 1. The van der Waals surface area contributed by atoms with Crippen molar-refractivity contribution in [2.75, 3.05) is 44.9 Å². The highest BCUT2D eigenvalue weighted by Crippen LogP contribution is 2.48. The molecule has 2 fully saturated rings. The maximum Gasteiger partial charge on any atom is 0.416 e. The third kappa shape index (κ3) is 18.0. The van der Waals surface area contributed by atoms with Gasteiger partial charge in [-0.3, -0.25) is 33.2 Å². The van der Waals surface area contributed by atoms with E-state index in [-0.39, 0.29) is 43.1 Å². The summed E-state index contributed by atoms with van der Waals surface area (Å²) in [6.07, 6.45) is 2.46. The molecule has 1 amide bonds. The third-order valence-corrected chi connectivity index (χ3v) is 13.0. The van der Waals surface area contributed by atoms with Crippen LogP contribution in [0.25, 0.3) is 23.5 Å². The molecule has 0 unspecified atom stereocenters. The molecule has 6 heterocycles. The Labute approximate surface area is 488 Å². The zero-order valence-corrected chi connectivity index (χ0v) is 48.8. The first-order valence-corrected chi connectivity index (χ1v) is 30.8. The van der Waals surface area contributed by atoms with E-state index < -0.39 is 93.7 Å². The SMILES string of the molecule is CC(C)(C)OC(=O)N1CCC2=Cc3c(cnn3-c3ccc(F)cc3)C[C@]2(C(=O)c2cc(C(F)(F)F)ccn2)C1.CS(=O)(=O)O.CS(=O)(=O)O.CS(=O)(=O)O.O=C(c1cc(C(F)(F)F)ccn1)[C@@]12CNCCC1=Cc1c(cnn1-c1ccc(F)cc1)C2. The van der Waals surface area contributed by atoms with E-state index in [1.165, 1.54) is 29.2 Å². The summed E-state index contributed by atoms with van der Waals surface area (Å²) in [7, 11) is -11.0. The molecular formula is C54H56F8N8O13S3. The predicted octanol–water partition coefficient (Wildman–Crippen LogP) is 8.61. The Morgan fingerprint density at radius 3 is 1.38 bits per heavy atom. The van der Waals surface area contributed by atoms with Gasteiger partial charge in [0.15, 0.2) is 11.6 Å². The highest BCUT2D eigenvalue weighted by Gasteiger charge is 2.52. The summed E-state index contributed by atoms with van der Waals surface area (Å²) in [5.74, 6) is -1.81. The summed E-state index contributed by atoms with van der Waals surface area (Å²) in [5, 5.41) is 12.1. The number of ether oxygens (including phenoxy) is 1. The van der Waals surface area contributed by atoms with Crippen LogP contribution in [-0.4, -0.2) is 142 Å². The normalized spacial score (nSPS) is 18.3. The van der Waals surface area contributed by atoms with Crippen LogP contribution in [0, 0.1) is 22.5 Å². The molecule has 4 N–H and O–H groups in total. The number of likely N-dealkylation sites (tertiary alicyclic amines) is 1. The van der Waals surface area contributed by atoms with E-state index in [1.807, 2.05) is 6.08 Å². The molecule has 464 valence electrons. The van der Waals surface area contributed by atoms with E-state index in [0.717, 1.165) is 53.5 Å². The van der Waals surface area contributed by atoms with Crippen LogP contribution >= 0.6 is 0 Å². The molecule has 10 rings (SSSR count). The van der Waals surface area contributed by atoms with Gasteiger partial charge in [-0.1, -0.05) is 11.1 Å². The Morgan fingerprint density at radius 1 is 0.605 bits per heavy atom. The number of hydrogen-bond acceptors (Lipinski definition) is 15. The molecule has 0 saturated carbocycles. The van der Waals surface area contributed by atoms with Gasteiger partial charge in [-0.15, -0.1) is 0 Å². The van der Waals surface area contributed by atoms with Crippen molar-refractivity contribution in [3.63, 3.8) is 0 Å². The van der Waals surface area contributed by atoms with E-state index in [2.05, 4.69) is 25.5 Å². The molecule has 2 atom stereocenters. The summed E-state index contributed by atoms with van der Waals surface area (Å²) in [5.41, 5.74) is 0.104. The monoisotopic (exact) mass is 1270 g/mol. The van der Waals surface area contributed by atoms with Crippen LogP contribution in [0.5, 0.6) is 0 Å². The van der Waals surface area contributed by atoms with Crippen LogP contribution < -0.4 is 5.32 Å². The lowest BCUT2D eigenvalue weighted by atomic mass is 9.65. The lowest BCUT2D eigenvalue weighted by Crippen LogP contribution is -2.54. The average molecular weight is 1270 g/mol. The quantitative estimate of drug-likeness (QED) is 0.0689. The summed E-state index contributed by atoms with van der Waals surface area (Å²) >= 11 is 0. The van der Waals surface area contributed by atoms with Gasteiger partial charge in [-0.25, -0.2) is 22.9 Å². The second-order valence-corrected chi connectivity index (χ2v) is 25.4. The Hall–Kier alpha value is -7.62. The van der Waals surface area contributed by atoms with Crippen LogP contribution in [0.3, 0.4) is 0 Å². The maximum absolute atomic E-state index is 14.1. The van der Waals surface area contributed by atoms with Gasteiger partial charge >= 0.3 is 18.4 Å². The van der Waals surface area contributed by atoms with E-state index in [4.69, 9.17) is 18.4 Å². The standard InChI is InChI=1S/C28H26F4N4O3.C23H18F4N4O.3CH4O3S/c1-26(2,3)39-25(38)35-11-9-18-13-23-17(15-34-36(23)21-6-4-20(29)5-7-21)14-27(18,16-35)24(37)22-12-19(8-10-33-22)28(30,31)32;24-17-1-3-18(4-2-17)31-20-10-15-5-7-28-13-22(15,11-14(20)12-30-31)21(32)19-9-16(6-8-29-19)23(25,26)27;3*1-5(2,3)4/h4-8,10,12-13,15H,9,11,14,16H2,1-3H3;1-4,6,8-10,12,28H,5,7,11,13H2;3*1H3,(H,2,3,4)/t27-;22-;;;/m00.../s1. The Morgan fingerprint density at radius 2 is 0.988 bits per heavy atom. The molecule has 0 radical (unpaired) electrons. The number of nitrogens with zero attached hydrogens (tertiary/aromatic N) is 7. The largest absolute Gasteiger partial charge is 0.444 e. The van der Waals surface area contributed by atoms with Crippen LogP contribution in [0.15, 0.2) is 109 Å². The van der Waals surface area contributed by atoms with Gasteiger partial charge in [-0.2, -0.15) is 61.8 Å². The predicted molar refractivity (Wildman–Crippen MR) is 295 cm³/mol. The number of amides is 1. The molecule has 2 aromatic carbocycles. The molecule has 32 heteroatoms. The fourth-order valence-corrected chi connectivity index (χ4v) is 9.60. The summed E-state index contributed by atoms with van der Waals surface area (Å²) in [4.78, 5) is 50.1. The van der Waals surface area contributed by atoms with E-state index in [0.29, 0.717) is 72.9 Å². The van der Waals surface area contributed by atoms with Gasteiger partial charge in [0.1, 0.15) is 28.6 Å². The third-order valence-electron chi connectivity index (χ3n) is 13.0. The molecule has 4 aliphatic rings. The number of hydrogen-bond donors (Lipinski definition) is 4. The first-order chi connectivity index (χ1) is 39.5. The van der Waals surface area contributed by atoms with Crippen LogP contribution in [-0.2, 0) is 60.3 Å². The number of piperidine rings is 2. The minimum atomic E-state index is -4.65. The van der Waals surface area contributed by atoms with Gasteiger partial charge in [-0.05, 0) is 149 Å². The van der Waals surface area contributed by atoms with Crippen molar-refractivity contribution in [1.29, 1.82) is 0 Å². The minimum Gasteiger partial charge on any atom is -0.444 e. The number of carbonyl (C=O) groups excluding carboxylic acids is 3. The van der Waals surface area contributed by atoms with E-state index in [1.54, 1.807) is 72.9 Å². The second-order valence-electron chi connectivity index (χ2n) is 21.0. The Bertz CT molecular complexity index is 3830. The van der Waals surface area contributed by atoms with Crippen molar-refractivity contribution < 1.29 is 93.2 Å². The van der Waals surface area contributed by atoms with Gasteiger partial charge in [0.25, 0.3) is 30.4 Å². The molecule has 2 aliphatic heterocycles. The molecule has 2 aliphatic carbocycles. The summed E-state index contributed by atoms with van der Waals surface area (Å²) < 4.78 is 193. The first kappa shape index (κ1) is 67.5. The van der Waals surface area contributed by atoms with Gasteiger partial charge < -0.3 is 15.0 Å². The molecule has 86 heavy (non-hydrogen) atoms. The molecule has 21 nitrogen and oxygen atoms in total. The fraction of sp³-hybridized carbons (Fsp3) is 0.352. The van der Waals surface area contributed by atoms with Crippen LogP contribution in [0.4, 0.5) is 39.9 Å². The number of pyridine rings is 2. The van der Waals surface area contributed by atoms with Gasteiger partial charge in [0.2, 0.25) is 0 Å². The Balaban J connectivity index is 0.000000225. The number of halogens is 8. The van der Waals surface area contributed by atoms with Crippen molar-refractivity contribution in [1.82, 2.24) is 39.7 Å².